The Labute approximate surface area is 68.6 Å². The Morgan fingerprint density at radius 2 is 2.00 bits per heavy atom. The van der Waals surface area contributed by atoms with Crippen LogP contribution in [-0.4, -0.2) is 11.7 Å². The number of aliphatic hydroxyl groups excluding tert-OH is 1. The van der Waals surface area contributed by atoms with Gasteiger partial charge in [-0.25, -0.2) is 8.78 Å². The van der Waals surface area contributed by atoms with Crippen LogP contribution < -0.4 is 5.73 Å². The molecule has 0 aliphatic carbocycles. The van der Waals surface area contributed by atoms with Crippen molar-refractivity contribution in [2.24, 2.45) is 5.73 Å². The van der Waals surface area contributed by atoms with Crippen molar-refractivity contribution in [2.75, 3.05) is 6.61 Å². The van der Waals surface area contributed by atoms with E-state index in [1.807, 2.05) is 0 Å². The minimum absolute atomic E-state index is 0.287. The van der Waals surface area contributed by atoms with Crippen LogP contribution in [0.2, 0.25) is 0 Å². The number of benzene rings is 1. The molecule has 0 fully saturated rings. The van der Waals surface area contributed by atoms with E-state index in [-0.39, 0.29) is 6.61 Å². The largest absolute Gasteiger partial charge is 0.394 e. The molecule has 4 heteroatoms. The normalized spacial score (nSPS) is 13.0. The maximum atomic E-state index is 12.6. The third-order valence-corrected chi connectivity index (χ3v) is 1.57. The molecule has 3 N–H and O–H groups in total. The van der Waals surface area contributed by atoms with E-state index in [0.29, 0.717) is 5.56 Å². The lowest BCUT2D eigenvalue weighted by atomic mass is 10.1. The molecule has 12 heavy (non-hydrogen) atoms. The molecule has 66 valence electrons. The molecule has 1 aromatic rings. The van der Waals surface area contributed by atoms with Gasteiger partial charge in [0.15, 0.2) is 11.6 Å². The Bertz CT molecular complexity index is 278. The third-order valence-electron chi connectivity index (χ3n) is 1.57. The van der Waals surface area contributed by atoms with Crippen molar-refractivity contribution in [1.82, 2.24) is 0 Å². The zero-order chi connectivity index (χ0) is 9.14. The molecule has 0 saturated carbocycles. The Hall–Kier alpha value is -1.00. The minimum atomic E-state index is -0.948. The number of hydrogen-bond acceptors (Lipinski definition) is 2. The SMILES string of the molecule is N[C@@H](CO)c1ccc(F)c(F)c1. The zero-order valence-corrected chi connectivity index (χ0v) is 6.30. The highest BCUT2D eigenvalue weighted by Gasteiger charge is 2.07. The molecule has 2 nitrogen and oxygen atoms in total. The second-order valence-corrected chi connectivity index (χ2v) is 2.46. The van der Waals surface area contributed by atoms with Crippen LogP contribution in [0.5, 0.6) is 0 Å². The summed E-state index contributed by atoms with van der Waals surface area (Å²) in [7, 11) is 0. The van der Waals surface area contributed by atoms with Crippen molar-refractivity contribution in [3.05, 3.63) is 35.4 Å². The van der Waals surface area contributed by atoms with Crippen LogP contribution in [0.3, 0.4) is 0 Å². The number of nitrogens with two attached hydrogens (primary N) is 1. The first kappa shape index (κ1) is 9.09. The topological polar surface area (TPSA) is 46.2 Å². The lowest BCUT2D eigenvalue weighted by molar-refractivity contribution is 0.267. The van der Waals surface area contributed by atoms with Crippen molar-refractivity contribution in [3.8, 4) is 0 Å². The summed E-state index contributed by atoms with van der Waals surface area (Å²) in [4.78, 5) is 0. The van der Waals surface area contributed by atoms with Gasteiger partial charge in [-0.3, -0.25) is 0 Å². The van der Waals surface area contributed by atoms with Crippen LogP contribution in [0.15, 0.2) is 18.2 Å². The Morgan fingerprint density at radius 1 is 1.33 bits per heavy atom. The lowest BCUT2D eigenvalue weighted by Gasteiger charge is -2.07. The van der Waals surface area contributed by atoms with E-state index in [1.165, 1.54) is 6.07 Å². The Kier molecular flexibility index (Phi) is 2.73. The first-order valence-corrected chi connectivity index (χ1v) is 3.46. The Balaban J connectivity index is 2.96. The molecule has 0 amide bonds. The Morgan fingerprint density at radius 3 is 2.50 bits per heavy atom. The highest BCUT2D eigenvalue weighted by atomic mass is 19.2. The first-order valence-electron chi connectivity index (χ1n) is 3.46. The van der Waals surface area contributed by atoms with Gasteiger partial charge in [-0.1, -0.05) is 6.07 Å². The van der Waals surface area contributed by atoms with Gasteiger partial charge in [0.1, 0.15) is 0 Å². The number of rotatable bonds is 2. The molecular formula is C8H9F2NO. The molecule has 1 aromatic carbocycles. The molecule has 1 rings (SSSR count). The van der Waals surface area contributed by atoms with E-state index in [0.717, 1.165) is 12.1 Å². The second-order valence-electron chi connectivity index (χ2n) is 2.46. The monoisotopic (exact) mass is 173 g/mol. The van der Waals surface area contributed by atoms with Gasteiger partial charge < -0.3 is 10.8 Å². The van der Waals surface area contributed by atoms with E-state index in [9.17, 15) is 8.78 Å². The molecule has 0 radical (unpaired) electrons. The summed E-state index contributed by atoms with van der Waals surface area (Å²) in [5.41, 5.74) is 5.76. The molecule has 0 unspecified atom stereocenters. The van der Waals surface area contributed by atoms with Gasteiger partial charge in [-0.05, 0) is 17.7 Å². The fourth-order valence-electron chi connectivity index (χ4n) is 0.848. The van der Waals surface area contributed by atoms with Gasteiger partial charge >= 0.3 is 0 Å². The van der Waals surface area contributed by atoms with E-state index in [2.05, 4.69) is 0 Å². The fourth-order valence-corrected chi connectivity index (χ4v) is 0.848. The summed E-state index contributed by atoms with van der Waals surface area (Å²) in [6, 6.07) is 2.66. The average Bonchev–Trinajstić information content (AvgIpc) is 2.08. The van der Waals surface area contributed by atoms with E-state index in [1.54, 1.807) is 0 Å². The first-order chi connectivity index (χ1) is 5.65. The number of aliphatic hydroxyl groups is 1. The van der Waals surface area contributed by atoms with Crippen molar-refractivity contribution in [3.63, 3.8) is 0 Å². The van der Waals surface area contributed by atoms with Crippen molar-refractivity contribution in [2.45, 2.75) is 6.04 Å². The van der Waals surface area contributed by atoms with Gasteiger partial charge in [0.25, 0.3) is 0 Å². The summed E-state index contributed by atoms with van der Waals surface area (Å²) in [5, 5.41) is 8.61. The van der Waals surface area contributed by atoms with Gasteiger partial charge in [0.05, 0.1) is 12.6 Å². The summed E-state index contributed by atoms with van der Waals surface area (Å²) >= 11 is 0. The van der Waals surface area contributed by atoms with Crippen LogP contribution >= 0.6 is 0 Å². The lowest BCUT2D eigenvalue weighted by Crippen LogP contribution is -2.14. The van der Waals surface area contributed by atoms with Crippen LogP contribution in [-0.2, 0) is 0 Å². The summed E-state index contributed by atoms with van der Waals surface area (Å²) in [6.45, 7) is -0.287. The third kappa shape index (κ3) is 1.78. The second kappa shape index (κ2) is 3.60. The average molecular weight is 173 g/mol. The fraction of sp³-hybridized carbons (Fsp3) is 0.250. The quantitative estimate of drug-likeness (QED) is 0.699. The predicted molar refractivity (Wildman–Crippen MR) is 40.4 cm³/mol. The molecule has 0 bridgehead atoms. The van der Waals surface area contributed by atoms with Crippen molar-refractivity contribution < 1.29 is 13.9 Å². The molecular weight excluding hydrogens is 164 g/mol. The zero-order valence-electron chi connectivity index (χ0n) is 6.30. The maximum Gasteiger partial charge on any atom is 0.159 e. The maximum absolute atomic E-state index is 12.6. The van der Waals surface area contributed by atoms with Crippen molar-refractivity contribution >= 4 is 0 Å². The standard InChI is InChI=1S/C8H9F2NO/c9-6-2-1-5(3-7(6)10)8(11)4-12/h1-3,8,12H,4,11H2/t8-/m0/s1. The highest BCUT2D eigenvalue weighted by Crippen LogP contribution is 2.13. The molecule has 0 aromatic heterocycles. The molecule has 0 heterocycles. The summed E-state index contributed by atoms with van der Waals surface area (Å²) < 4.78 is 25.0. The van der Waals surface area contributed by atoms with Crippen LogP contribution in [0, 0.1) is 11.6 Å². The van der Waals surface area contributed by atoms with Crippen LogP contribution in [0.1, 0.15) is 11.6 Å². The molecule has 0 saturated heterocycles. The van der Waals surface area contributed by atoms with Gasteiger partial charge in [-0.2, -0.15) is 0 Å². The smallest absolute Gasteiger partial charge is 0.159 e. The highest BCUT2D eigenvalue weighted by molar-refractivity contribution is 5.20. The van der Waals surface area contributed by atoms with Gasteiger partial charge in [-0.15, -0.1) is 0 Å². The van der Waals surface area contributed by atoms with Crippen molar-refractivity contribution in [1.29, 1.82) is 0 Å². The van der Waals surface area contributed by atoms with Gasteiger partial charge in [0, 0.05) is 0 Å². The molecule has 0 aliphatic rings. The molecule has 0 spiro atoms. The summed E-state index contributed by atoms with van der Waals surface area (Å²) in [6.07, 6.45) is 0. The van der Waals surface area contributed by atoms with E-state index >= 15 is 0 Å². The number of hydrogen-bond donors (Lipinski definition) is 2. The van der Waals surface area contributed by atoms with E-state index < -0.39 is 17.7 Å². The van der Waals surface area contributed by atoms with E-state index in [4.69, 9.17) is 10.8 Å². The predicted octanol–water partition coefficient (Wildman–Crippen LogP) is 0.957. The minimum Gasteiger partial charge on any atom is -0.394 e. The van der Waals surface area contributed by atoms with Crippen LogP contribution in [0.25, 0.3) is 0 Å². The van der Waals surface area contributed by atoms with Gasteiger partial charge in [0.2, 0.25) is 0 Å². The molecule has 1 atom stereocenters. The molecule has 0 aliphatic heterocycles. The summed E-state index contributed by atoms with van der Waals surface area (Å²) in [5.74, 6) is -1.86. The number of halogens is 2. The van der Waals surface area contributed by atoms with Crippen LogP contribution in [0.4, 0.5) is 8.78 Å².